The van der Waals surface area contributed by atoms with E-state index in [0.717, 1.165) is 27.4 Å². The quantitative estimate of drug-likeness (QED) is 0.232. The van der Waals surface area contributed by atoms with Gasteiger partial charge in [-0.25, -0.2) is 0 Å². The fraction of sp³-hybridized carbons (Fsp3) is 0. The number of nitro groups is 1. The summed E-state index contributed by atoms with van der Waals surface area (Å²) in [6, 6.07) is 13.4. The van der Waals surface area contributed by atoms with Crippen LogP contribution in [0.1, 0.15) is 0 Å². The molecule has 0 aliphatic heterocycles. The van der Waals surface area contributed by atoms with Gasteiger partial charge in [-0.05, 0) is 38.8 Å². The minimum absolute atomic E-state index is 0.0668. The van der Waals surface area contributed by atoms with E-state index in [1.165, 1.54) is 0 Å². The second kappa shape index (κ2) is 7.70. The van der Waals surface area contributed by atoms with E-state index in [0.29, 0.717) is 0 Å². The molecule has 0 radical (unpaired) electrons. The van der Waals surface area contributed by atoms with Gasteiger partial charge >= 0.3 is 5.70 Å². The summed E-state index contributed by atoms with van der Waals surface area (Å²) in [5.74, 6) is 0. The van der Waals surface area contributed by atoms with Crippen LogP contribution >= 0.6 is 62.5 Å². The average Bonchev–Trinajstić information content (AvgIpc) is 2.46. The Labute approximate surface area is 154 Å². The van der Waals surface area contributed by atoms with Crippen LogP contribution in [0.5, 0.6) is 0 Å². The van der Waals surface area contributed by atoms with Crippen LogP contribution in [0.15, 0.2) is 66.4 Å². The zero-order chi connectivity index (χ0) is 16.3. The molecule has 8 heteroatoms. The third kappa shape index (κ3) is 4.18. The van der Waals surface area contributed by atoms with Crippen molar-refractivity contribution in [2.24, 2.45) is 0 Å². The fourth-order valence-electron chi connectivity index (χ4n) is 1.71. The van der Waals surface area contributed by atoms with E-state index in [1.54, 1.807) is 0 Å². The molecule has 0 amide bonds. The highest BCUT2D eigenvalue weighted by molar-refractivity contribution is 9.12. The highest BCUT2D eigenvalue weighted by atomic mass is 79.9. The molecule has 0 fully saturated rings. The molecule has 3 nitrogen and oxygen atoms in total. The zero-order valence-corrected chi connectivity index (χ0v) is 15.4. The van der Waals surface area contributed by atoms with Gasteiger partial charge < -0.3 is 0 Å². The lowest BCUT2D eigenvalue weighted by Crippen LogP contribution is -2.00. The van der Waals surface area contributed by atoms with Crippen LogP contribution in [0.3, 0.4) is 0 Å². The van der Waals surface area contributed by atoms with Crippen molar-refractivity contribution in [3.8, 4) is 0 Å². The van der Waals surface area contributed by atoms with Crippen molar-refractivity contribution in [3.63, 3.8) is 0 Å². The van der Waals surface area contributed by atoms with Gasteiger partial charge in [0.05, 0.1) is 4.92 Å². The molecule has 114 valence electrons. The molecule has 0 N–H and O–H groups in total. The van der Waals surface area contributed by atoms with Crippen molar-refractivity contribution in [1.29, 1.82) is 0 Å². The largest absolute Gasteiger partial charge is 0.315 e. The van der Waals surface area contributed by atoms with E-state index in [-0.39, 0.29) is 13.3 Å². The number of rotatable bonds is 4. The zero-order valence-electron chi connectivity index (χ0n) is 10.7. The molecule has 0 bridgehead atoms. The Morgan fingerprint density at radius 1 is 1.09 bits per heavy atom. The second-order valence-electron chi connectivity index (χ2n) is 4.06. The molecule has 0 spiro atoms. The Morgan fingerprint density at radius 3 is 2.32 bits per heavy atom. The van der Waals surface area contributed by atoms with Crippen LogP contribution in [0.25, 0.3) is 10.8 Å². The Morgan fingerprint density at radius 2 is 1.73 bits per heavy atom. The first kappa shape index (κ1) is 17.6. The summed E-state index contributed by atoms with van der Waals surface area (Å²) in [4.78, 5) is 11.2. The number of thioether (sulfide) groups is 1. The highest BCUT2D eigenvalue weighted by Crippen LogP contribution is 2.38. The average molecular weight is 440 g/mol. The number of hydrogen-bond acceptors (Lipinski definition) is 3. The Bertz CT molecular complexity index is 804. The molecule has 22 heavy (non-hydrogen) atoms. The molecule has 0 saturated heterocycles. The lowest BCUT2D eigenvalue weighted by atomic mass is 10.1. The maximum absolute atomic E-state index is 11.1. The summed E-state index contributed by atoms with van der Waals surface area (Å²) >= 11 is 21.5. The molecule has 2 aromatic rings. The fourth-order valence-corrected chi connectivity index (χ4v) is 3.49. The lowest BCUT2D eigenvalue weighted by molar-refractivity contribution is -0.419. The molecule has 0 heterocycles. The molecule has 2 aromatic carbocycles. The Hall–Kier alpha value is -0.720. The summed E-state index contributed by atoms with van der Waals surface area (Å²) in [5, 5.41) is 13.0. The third-order valence-corrected chi connectivity index (χ3v) is 5.22. The van der Waals surface area contributed by atoms with Gasteiger partial charge in [0.25, 0.3) is 0 Å². The molecular weight excluding hydrogens is 432 g/mol. The molecule has 0 aliphatic carbocycles. The summed E-state index contributed by atoms with van der Waals surface area (Å²) in [6.45, 7) is 0. The summed E-state index contributed by atoms with van der Waals surface area (Å²) in [6.07, 6.45) is 0. The first-order chi connectivity index (χ1) is 10.4. The normalized spacial score (nSPS) is 13.6. The highest BCUT2D eigenvalue weighted by Gasteiger charge is 2.24. The Balaban J connectivity index is 2.43. The van der Waals surface area contributed by atoms with Crippen LogP contribution in [-0.2, 0) is 0 Å². The van der Waals surface area contributed by atoms with Crippen molar-refractivity contribution >= 4 is 73.3 Å². The van der Waals surface area contributed by atoms with Crippen LogP contribution in [0, 0.1) is 10.1 Å². The minimum atomic E-state index is -0.664. The van der Waals surface area contributed by atoms with Gasteiger partial charge in [0.2, 0.25) is 0 Å². The molecular formula is C14H7BrCl3NO2S. The van der Waals surface area contributed by atoms with Gasteiger partial charge in [0.1, 0.15) is 8.97 Å². The molecule has 0 aromatic heterocycles. The summed E-state index contributed by atoms with van der Waals surface area (Å²) in [5.41, 5.74) is -0.441. The number of fused-ring (bicyclic) bond motifs is 1. The number of benzene rings is 2. The van der Waals surface area contributed by atoms with Gasteiger partial charge in [0.15, 0.2) is 4.36 Å². The Kier molecular flexibility index (Phi) is 6.17. The van der Waals surface area contributed by atoms with Gasteiger partial charge in [0, 0.05) is 4.90 Å². The molecule has 2 rings (SSSR count). The smallest absolute Gasteiger partial charge is 0.258 e. The standard InChI is InChI=1S/C14H7BrCl3NO2S/c15-13(17)11(16)12(19(20)21)14(18)22-10-6-5-8-3-1-2-4-9(8)7-10/h1-7H/b13-11-,14-12+. The first-order valence-electron chi connectivity index (χ1n) is 5.82. The number of allylic oxidation sites excluding steroid dienone is 1. The van der Waals surface area contributed by atoms with Crippen molar-refractivity contribution in [2.45, 2.75) is 4.90 Å². The van der Waals surface area contributed by atoms with Crippen LogP contribution in [-0.4, -0.2) is 4.92 Å². The van der Waals surface area contributed by atoms with E-state index in [9.17, 15) is 10.1 Å². The summed E-state index contributed by atoms with van der Waals surface area (Å²) < 4.78 is -0.138. The van der Waals surface area contributed by atoms with E-state index in [2.05, 4.69) is 15.9 Å². The van der Waals surface area contributed by atoms with E-state index in [4.69, 9.17) is 34.8 Å². The number of halogens is 4. The SMILES string of the molecule is O=[N+]([O-])C(=C(\Cl)Sc1ccc2ccccc2c1)/C(Cl)=C(/Cl)Br. The third-order valence-electron chi connectivity index (χ3n) is 2.67. The van der Waals surface area contributed by atoms with Crippen LogP contribution in [0.2, 0.25) is 0 Å². The monoisotopic (exact) mass is 437 g/mol. The first-order valence-corrected chi connectivity index (χ1v) is 8.56. The van der Waals surface area contributed by atoms with Crippen molar-refractivity contribution in [2.75, 3.05) is 0 Å². The van der Waals surface area contributed by atoms with Crippen LogP contribution in [0.4, 0.5) is 0 Å². The maximum atomic E-state index is 11.1. The predicted molar refractivity (Wildman–Crippen MR) is 97.3 cm³/mol. The van der Waals surface area contributed by atoms with Crippen molar-refractivity contribution in [1.82, 2.24) is 0 Å². The number of hydrogen-bond donors (Lipinski definition) is 0. The number of nitrogens with zero attached hydrogens (tertiary/aromatic N) is 1. The van der Waals surface area contributed by atoms with Gasteiger partial charge in [-0.1, -0.05) is 76.9 Å². The predicted octanol–water partition coefficient (Wildman–Crippen LogP) is 6.66. The molecule has 0 saturated carbocycles. The summed E-state index contributed by atoms with van der Waals surface area (Å²) in [7, 11) is 0. The van der Waals surface area contributed by atoms with E-state index < -0.39 is 10.6 Å². The van der Waals surface area contributed by atoms with Gasteiger partial charge in [-0.15, -0.1) is 0 Å². The lowest BCUT2D eigenvalue weighted by Gasteiger charge is -2.04. The molecule has 0 aliphatic rings. The molecule has 0 unspecified atom stereocenters. The van der Waals surface area contributed by atoms with Gasteiger partial charge in [-0.3, -0.25) is 10.1 Å². The maximum Gasteiger partial charge on any atom is 0.315 e. The van der Waals surface area contributed by atoms with Crippen LogP contribution < -0.4 is 0 Å². The second-order valence-corrected chi connectivity index (χ2v) is 7.76. The van der Waals surface area contributed by atoms with Crippen molar-refractivity contribution < 1.29 is 4.92 Å². The minimum Gasteiger partial charge on any atom is -0.258 e. The van der Waals surface area contributed by atoms with Crippen molar-refractivity contribution in [3.05, 3.63) is 71.6 Å². The molecule has 0 atom stereocenters. The van der Waals surface area contributed by atoms with E-state index in [1.807, 2.05) is 42.5 Å². The topological polar surface area (TPSA) is 43.1 Å². The van der Waals surface area contributed by atoms with E-state index >= 15 is 0 Å². The van der Waals surface area contributed by atoms with Gasteiger partial charge in [-0.2, -0.15) is 0 Å².